The van der Waals surface area contributed by atoms with Crippen LogP contribution in [0.1, 0.15) is 42.0 Å². The van der Waals surface area contributed by atoms with Gasteiger partial charge in [-0.3, -0.25) is 0 Å². The first-order valence-corrected chi connectivity index (χ1v) is 8.35. The van der Waals surface area contributed by atoms with Crippen molar-refractivity contribution in [1.29, 1.82) is 0 Å². The van der Waals surface area contributed by atoms with Crippen molar-refractivity contribution >= 4 is 35.2 Å². The molecule has 0 aromatic heterocycles. The summed E-state index contributed by atoms with van der Waals surface area (Å²) in [6, 6.07) is 6.11. The molecule has 0 bridgehead atoms. The molecule has 0 fully saturated rings. The Morgan fingerprint density at radius 3 is 2.36 bits per heavy atom. The van der Waals surface area contributed by atoms with Crippen molar-refractivity contribution in [3.05, 3.63) is 68.5 Å². The molecule has 132 valence electrons. The Morgan fingerprint density at radius 2 is 1.84 bits per heavy atom. The zero-order chi connectivity index (χ0) is 18.7. The van der Waals surface area contributed by atoms with Gasteiger partial charge in [0, 0.05) is 28.1 Å². The van der Waals surface area contributed by atoms with Gasteiger partial charge < -0.3 is 10.2 Å². The number of aromatic hydroxyl groups is 1. The van der Waals surface area contributed by atoms with Crippen LogP contribution in [0.15, 0.2) is 30.3 Å². The average Bonchev–Trinajstić information content (AvgIpc) is 2.50. The molecule has 0 aliphatic rings. The normalized spacial score (nSPS) is 11.4. The van der Waals surface area contributed by atoms with Crippen LogP contribution >= 0.6 is 23.2 Å². The highest BCUT2D eigenvalue weighted by molar-refractivity contribution is 6.36. The fraction of sp³-hybridized carbons (Fsp3) is 0.211. The molecule has 25 heavy (non-hydrogen) atoms. The van der Waals surface area contributed by atoms with E-state index in [1.165, 1.54) is 18.2 Å². The van der Waals surface area contributed by atoms with Crippen molar-refractivity contribution in [2.24, 2.45) is 0 Å². The van der Waals surface area contributed by atoms with E-state index >= 15 is 0 Å². The number of phenols is 1. The van der Waals surface area contributed by atoms with Crippen LogP contribution in [0, 0.1) is 5.82 Å². The van der Waals surface area contributed by atoms with E-state index in [1.807, 2.05) is 0 Å². The predicted molar refractivity (Wildman–Crippen MR) is 98.1 cm³/mol. The molecule has 0 amide bonds. The Balaban J connectivity index is 2.42. The van der Waals surface area contributed by atoms with Crippen LogP contribution < -0.4 is 0 Å². The number of benzene rings is 2. The minimum Gasteiger partial charge on any atom is -0.508 e. The summed E-state index contributed by atoms with van der Waals surface area (Å²) in [6.07, 6.45) is 2.52. The topological polar surface area (TPSA) is 57.5 Å². The summed E-state index contributed by atoms with van der Waals surface area (Å²) in [4.78, 5) is 10.6. The molecule has 0 radical (unpaired) electrons. The highest BCUT2D eigenvalue weighted by Gasteiger charge is 2.18. The van der Waals surface area contributed by atoms with Gasteiger partial charge in [0.05, 0.1) is 0 Å². The van der Waals surface area contributed by atoms with E-state index in [4.69, 9.17) is 28.3 Å². The molecule has 0 saturated carbocycles. The van der Waals surface area contributed by atoms with Crippen LogP contribution in [0.3, 0.4) is 0 Å². The minimum atomic E-state index is -1.08. The molecular weight excluding hydrogens is 366 g/mol. The smallest absolute Gasteiger partial charge is 0.328 e. The number of hydrogen-bond acceptors (Lipinski definition) is 2. The molecule has 0 saturated heterocycles. The Hall–Kier alpha value is -2.04. The molecule has 0 aliphatic carbocycles. The van der Waals surface area contributed by atoms with Gasteiger partial charge in [-0.2, -0.15) is 0 Å². The molecule has 0 unspecified atom stereocenters. The number of carbonyl (C=O) groups is 1. The molecule has 2 aromatic rings. The lowest BCUT2D eigenvalue weighted by molar-refractivity contribution is -0.131. The highest BCUT2D eigenvalue weighted by atomic mass is 35.5. The summed E-state index contributed by atoms with van der Waals surface area (Å²) in [5, 5.41) is 19.2. The largest absolute Gasteiger partial charge is 0.508 e. The maximum atomic E-state index is 14.7. The molecule has 3 nitrogen and oxygen atoms in total. The third-order valence-corrected chi connectivity index (χ3v) is 4.44. The number of halogens is 3. The third-order valence-electron chi connectivity index (χ3n) is 3.76. The molecule has 0 atom stereocenters. The van der Waals surface area contributed by atoms with Gasteiger partial charge >= 0.3 is 5.97 Å². The average molecular weight is 383 g/mol. The van der Waals surface area contributed by atoms with E-state index in [0.717, 1.165) is 6.08 Å². The molecule has 2 N–H and O–H groups in total. The first kappa shape index (κ1) is 19.3. The van der Waals surface area contributed by atoms with Crippen molar-refractivity contribution in [3.8, 4) is 5.75 Å². The van der Waals surface area contributed by atoms with Crippen molar-refractivity contribution in [2.45, 2.75) is 26.2 Å². The lowest BCUT2D eigenvalue weighted by Gasteiger charge is -2.15. The standard InChI is InChI=1S/C19H17Cl2FO3/c1-10(2)18-16(23)5-4-12(19(18)22)9-13-14(20)7-11(8-15(13)21)3-6-17(24)25/h3-8,10,23H,9H2,1-2H3,(H,24,25)/b6-3+. The molecule has 0 spiro atoms. The van der Waals surface area contributed by atoms with E-state index in [1.54, 1.807) is 26.0 Å². The Labute approximate surface area is 155 Å². The van der Waals surface area contributed by atoms with Crippen molar-refractivity contribution in [3.63, 3.8) is 0 Å². The number of carboxylic acids is 1. The summed E-state index contributed by atoms with van der Waals surface area (Å²) in [6.45, 7) is 3.59. The van der Waals surface area contributed by atoms with Gasteiger partial charge in [0.2, 0.25) is 0 Å². The van der Waals surface area contributed by atoms with Crippen molar-refractivity contribution in [2.75, 3.05) is 0 Å². The molecule has 2 rings (SSSR count). The summed E-state index contributed by atoms with van der Waals surface area (Å²) in [5.41, 5.74) is 1.70. The van der Waals surface area contributed by atoms with Crippen LogP contribution in [-0.4, -0.2) is 16.2 Å². The quantitative estimate of drug-likeness (QED) is 0.656. The Morgan fingerprint density at radius 1 is 1.24 bits per heavy atom. The van der Waals surface area contributed by atoms with Gasteiger partial charge in [0.25, 0.3) is 0 Å². The lowest BCUT2D eigenvalue weighted by Crippen LogP contribution is -2.01. The first-order valence-electron chi connectivity index (χ1n) is 7.59. The van der Waals surface area contributed by atoms with Gasteiger partial charge in [-0.15, -0.1) is 0 Å². The molecule has 6 heteroatoms. The van der Waals surface area contributed by atoms with Gasteiger partial charge in [0.1, 0.15) is 11.6 Å². The fourth-order valence-corrected chi connectivity index (χ4v) is 3.20. The van der Waals surface area contributed by atoms with E-state index in [-0.39, 0.29) is 23.7 Å². The number of phenolic OH excluding ortho intramolecular Hbond substituents is 1. The van der Waals surface area contributed by atoms with Crippen LogP contribution in [0.25, 0.3) is 6.08 Å². The van der Waals surface area contributed by atoms with Gasteiger partial charge in [-0.1, -0.05) is 43.1 Å². The Kier molecular flexibility index (Phi) is 6.09. The number of hydrogen-bond donors (Lipinski definition) is 2. The van der Waals surface area contributed by atoms with Crippen LogP contribution in [-0.2, 0) is 11.2 Å². The maximum absolute atomic E-state index is 14.7. The zero-order valence-corrected chi connectivity index (χ0v) is 15.2. The van der Waals surface area contributed by atoms with Crippen LogP contribution in [0.4, 0.5) is 4.39 Å². The number of rotatable bonds is 5. The highest BCUT2D eigenvalue weighted by Crippen LogP contribution is 2.34. The lowest BCUT2D eigenvalue weighted by atomic mass is 9.95. The van der Waals surface area contributed by atoms with Crippen molar-refractivity contribution in [1.82, 2.24) is 0 Å². The molecule has 0 aliphatic heterocycles. The van der Waals surface area contributed by atoms with Gasteiger partial charge in [0.15, 0.2) is 0 Å². The van der Waals surface area contributed by atoms with Crippen LogP contribution in [0.5, 0.6) is 5.75 Å². The predicted octanol–water partition coefficient (Wildman–Crippen LogP) is 5.65. The Bertz CT molecular complexity index is 822. The van der Waals surface area contributed by atoms with E-state index in [9.17, 15) is 14.3 Å². The summed E-state index contributed by atoms with van der Waals surface area (Å²) >= 11 is 12.5. The second kappa shape index (κ2) is 7.89. The fourth-order valence-electron chi connectivity index (χ4n) is 2.56. The SMILES string of the molecule is CC(C)c1c(O)ccc(Cc2c(Cl)cc(/C=C/C(=O)O)cc2Cl)c1F. The third kappa shape index (κ3) is 4.53. The molecule has 2 aromatic carbocycles. The van der Waals surface area contributed by atoms with E-state index < -0.39 is 11.8 Å². The summed E-state index contributed by atoms with van der Waals surface area (Å²) < 4.78 is 14.7. The van der Waals surface area contributed by atoms with Crippen molar-refractivity contribution < 1.29 is 19.4 Å². The van der Waals surface area contributed by atoms with E-state index in [0.29, 0.717) is 26.7 Å². The zero-order valence-electron chi connectivity index (χ0n) is 13.7. The first-order chi connectivity index (χ1) is 11.7. The number of carboxylic acid groups (broad SMARTS) is 1. The van der Waals surface area contributed by atoms with Gasteiger partial charge in [-0.05, 0) is 46.9 Å². The molecular formula is C19H17Cl2FO3. The molecule has 0 heterocycles. The second-order valence-electron chi connectivity index (χ2n) is 5.94. The second-order valence-corrected chi connectivity index (χ2v) is 6.75. The minimum absolute atomic E-state index is 0.0809. The van der Waals surface area contributed by atoms with Gasteiger partial charge in [-0.25, -0.2) is 9.18 Å². The number of aliphatic carboxylic acids is 1. The van der Waals surface area contributed by atoms with E-state index in [2.05, 4.69) is 0 Å². The summed E-state index contributed by atoms with van der Waals surface area (Å²) in [7, 11) is 0. The van der Waals surface area contributed by atoms with Crippen LogP contribution in [0.2, 0.25) is 10.0 Å². The monoisotopic (exact) mass is 382 g/mol. The maximum Gasteiger partial charge on any atom is 0.328 e. The summed E-state index contributed by atoms with van der Waals surface area (Å²) in [5.74, 6) is -1.81.